The summed E-state index contributed by atoms with van der Waals surface area (Å²) in [6.07, 6.45) is 3.35. The number of nitrogens with zero attached hydrogens (tertiary/aromatic N) is 1. The number of amides is 2. The lowest BCUT2D eigenvalue weighted by Crippen LogP contribution is -2.26. The number of esters is 2. The Labute approximate surface area is 315 Å². The molecule has 2 amide bonds. The molecule has 0 spiro atoms. The molecule has 0 radical (unpaired) electrons. The van der Waals surface area contributed by atoms with Crippen molar-refractivity contribution in [1.29, 1.82) is 0 Å². The number of carbonyl (C=O) groups is 4. The van der Waals surface area contributed by atoms with Crippen LogP contribution in [0.15, 0.2) is 84.4 Å². The zero-order chi connectivity index (χ0) is 37.8. The van der Waals surface area contributed by atoms with E-state index in [1.54, 1.807) is 36.5 Å². The molecule has 0 atom stereocenters. The van der Waals surface area contributed by atoms with Crippen LogP contribution in [0.3, 0.4) is 0 Å². The number of hydrogen-bond donors (Lipinski definition) is 3. The Morgan fingerprint density at radius 3 is 2.63 bits per heavy atom. The van der Waals surface area contributed by atoms with E-state index in [2.05, 4.69) is 26.7 Å². The summed E-state index contributed by atoms with van der Waals surface area (Å²) in [5.41, 5.74) is 6.44. The smallest absolute Gasteiger partial charge is 0.357 e. The monoisotopic (exact) mass is 742 g/mol. The average Bonchev–Trinajstić information content (AvgIpc) is 3.83. The van der Waals surface area contributed by atoms with Gasteiger partial charge in [0.05, 0.1) is 26.7 Å². The number of ether oxygens (including phenoxy) is 3. The molecule has 7 rings (SSSR count). The Kier molecular flexibility index (Phi) is 10.5. The first-order chi connectivity index (χ1) is 26.3. The number of hydrogen-bond acceptors (Lipinski definition) is 9. The normalized spacial score (nSPS) is 11.8. The number of aromatic amines is 1. The van der Waals surface area contributed by atoms with E-state index in [0.29, 0.717) is 42.1 Å². The third-order valence-corrected chi connectivity index (χ3v) is 10.2. The number of thiophene rings is 1. The van der Waals surface area contributed by atoms with Gasteiger partial charge in [-0.15, -0.1) is 11.3 Å². The summed E-state index contributed by atoms with van der Waals surface area (Å²) in [6.45, 7) is 4.87. The van der Waals surface area contributed by atoms with E-state index in [9.17, 15) is 19.2 Å². The largest absolute Gasteiger partial charge is 0.493 e. The number of nitrogens with one attached hydrogen (secondary N) is 3. The first-order valence-corrected chi connectivity index (χ1v) is 18.6. The van der Waals surface area contributed by atoms with E-state index < -0.39 is 17.8 Å². The van der Waals surface area contributed by atoms with Crippen molar-refractivity contribution in [2.45, 2.75) is 33.1 Å². The molecule has 1 aliphatic rings. The van der Waals surface area contributed by atoms with Gasteiger partial charge in [-0.2, -0.15) is 0 Å². The van der Waals surface area contributed by atoms with Gasteiger partial charge >= 0.3 is 11.9 Å². The van der Waals surface area contributed by atoms with Crippen molar-refractivity contribution >= 4 is 51.7 Å². The van der Waals surface area contributed by atoms with Gasteiger partial charge in [0.15, 0.2) is 5.69 Å². The Morgan fingerprint density at radius 1 is 0.944 bits per heavy atom. The number of pyridine rings is 1. The van der Waals surface area contributed by atoms with Crippen LogP contribution in [0, 0.1) is 0 Å². The van der Waals surface area contributed by atoms with Crippen molar-refractivity contribution in [2.24, 2.45) is 0 Å². The van der Waals surface area contributed by atoms with Gasteiger partial charge in [0, 0.05) is 68.4 Å². The molecule has 11 nitrogen and oxygen atoms in total. The minimum Gasteiger partial charge on any atom is -0.493 e. The Morgan fingerprint density at radius 2 is 1.81 bits per heavy atom. The van der Waals surface area contributed by atoms with Crippen LogP contribution in [0.25, 0.3) is 43.6 Å². The minimum absolute atomic E-state index is 0.0440. The number of anilines is 1. The quantitative estimate of drug-likeness (QED) is 0.114. The van der Waals surface area contributed by atoms with Crippen LogP contribution >= 0.6 is 11.3 Å². The van der Waals surface area contributed by atoms with Crippen molar-refractivity contribution < 1.29 is 33.4 Å². The lowest BCUT2D eigenvalue weighted by Gasteiger charge is -2.19. The highest BCUT2D eigenvalue weighted by molar-refractivity contribution is 7.13. The fraction of sp³-hybridized carbons (Fsp3) is 0.214. The summed E-state index contributed by atoms with van der Waals surface area (Å²) >= 11 is 1.56. The topological polar surface area (TPSA) is 149 Å². The van der Waals surface area contributed by atoms with Crippen molar-refractivity contribution in [3.8, 4) is 38.4 Å². The van der Waals surface area contributed by atoms with Crippen LogP contribution in [0.2, 0.25) is 0 Å². The van der Waals surface area contributed by atoms with Crippen LogP contribution in [0.1, 0.15) is 62.7 Å². The highest BCUT2D eigenvalue weighted by atomic mass is 32.1. The average molecular weight is 743 g/mol. The summed E-state index contributed by atoms with van der Waals surface area (Å²) in [5, 5.41) is 8.85. The minimum atomic E-state index is -0.763. The molecule has 3 N–H and O–H groups in total. The van der Waals surface area contributed by atoms with Gasteiger partial charge in [0.2, 0.25) is 0 Å². The van der Waals surface area contributed by atoms with Gasteiger partial charge in [0.25, 0.3) is 11.8 Å². The second kappa shape index (κ2) is 15.8. The summed E-state index contributed by atoms with van der Waals surface area (Å²) in [7, 11) is 1.24. The van der Waals surface area contributed by atoms with Crippen molar-refractivity contribution in [3.05, 3.63) is 112 Å². The van der Waals surface area contributed by atoms with Gasteiger partial charge in [0.1, 0.15) is 11.4 Å². The van der Waals surface area contributed by atoms with Gasteiger partial charge in [-0.25, -0.2) is 9.78 Å². The zero-order valence-corrected chi connectivity index (χ0v) is 30.9. The molecule has 0 unspecified atom stereocenters. The lowest BCUT2D eigenvalue weighted by atomic mass is 9.93. The fourth-order valence-electron chi connectivity index (χ4n) is 6.67. The first-order valence-electron chi connectivity index (χ1n) is 17.7. The van der Waals surface area contributed by atoms with Crippen LogP contribution < -0.4 is 15.4 Å². The molecular weight excluding hydrogens is 705 g/mol. The molecule has 0 bridgehead atoms. The van der Waals surface area contributed by atoms with Gasteiger partial charge < -0.3 is 29.8 Å². The van der Waals surface area contributed by atoms with Crippen molar-refractivity contribution in [3.63, 3.8) is 0 Å². The van der Waals surface area contributed by atoms with Crippen LogP contribution in [0.5, 0.6) is 5.75 Å². The van der Waals surface area contributed by atoms with Gasteiger partial charge in [-0.05, 0) is 83.9 Å². The second-order valence-electron chi connectivity index (χ2n) is 12.7. The van der Waals surface area contributed by atoms with E-state index in [4.69, 9.17) is 14.2 Å². The molecule has 0 saturated carbocycles. The van der Waals surface area contributed by atoms with Gasteiger partial charge in [-0.3, -0.25) is 14.4 Å². The number of methoxy groups -OCH3 is 1. The van der Waals surface area contributed by atoms with Crippen LogP contribution in [0.4, 0.5) is 5.69 Å². The predicted octanol–water partition coefficient (Wildman–Crippen LogP) is 7.84. The molecule has 12 heteroatoms. The number of aromatic nitrogens is 2. The van der Waals surface area contributed by atoms with Crippen LogP contribution in [-0.2, 0) is 27.1 Å². The molecule has 0 aliphatic carbocycles. The second-order valence-corrected chi connectivity index (χ2v) is 13.6. The molecule has 3 aromatic carbocycles. The molecule has 6 aromatic rings. The number of H-pyrrole nitrogens is 1. The fourth-order valence-corrected chi connectivity index (χ4v) is 7.64. The zero-order valence-electron chi connectivity index (χ0n) is 30.0. The van der Waals surface area contributed by atoms with E-state index in [-0.39, 0.29) is 35.9 Å². The summed E-state index contributed by atoms with van der Waals surface area (Å²) < 4.78 is 16.6. The molecule has 4 heterocycles. The molecule has 0 saturated heterocycles. The molecule has 0 fully saturated rings. The SMILES string of the molecule is CCCNC(=O)c1ccc(-c2cc3c(cc2C(=O)Nc2ccc4[nH]ccc4c2-c2cccc(CC(=O)OCC)c2)-c2sccc2CCO3)c(C(=O)OC)n1. The molecule has 54 heavy (non-hydrogen) atoms. The number of rotatable bonds is 11. The molecular formula is C42H38N4O7S. The van der Waals surface area contributed by atoms with Crippen molar-refractivity contribution in [1.82, 2.24) is 15.3 Å². The maximum atomic E-state index is 14.8. The summed E-state index contributed by atoms with van der Waals surface area (Å²) in [4.78, 5) is 62.0. The Hall–Kier alpha value is -6.27. The van der Waals surface area contributed by atoms with E-state index in [0.717, 1.165) is 50.0 Å². The number of fused-ring (bicyclic) bond motifs is 4. The highest BCUT2D eigenvalue weighted by Gasteiger charge is 2.28. The van der Waals surface area contributed by atoms with E-state index in [1.807, 2.05) is 61.0 Å². The molecule has 274 valence electrons. The van der Waals surface area contributed by atoms with Crippen LogP contribution in [-0.4, -0.2) is 60.6 Å². The van der Waals surface area contributed by atoms with E-state index in [1.165, 1.54) is 13.2 Å². The number of benzene rings is 3. The maximum Gasteiger partial charge on any atom is 0.357 e. The third kappa shape index (κ3) is 7.20. The van der Waals surface area contributed by atoms with Gasteiger partial charge in [-0.1, -0.05) is 31.2 Å². The highest BCUT2D eigenvalue weighted by Crippen LogP contribution is 2.44. The summed E-state index contributed by atoms with van der Waals surface area (Å²) in [6, 6.07) is 22.0. The first kappa shape index (κ1) is 36.1. The number of carbonyl (C=O) groups excluding carboxylic acids is 4. The maximum absolute atomic E-state index is 14.8. The lowest BCUT2D eigenvalue weighted by molar-refractivity contribution is -0.142. The standard InChI is InChI=1S/C42H38N4O7S/c1-4-16-44-41(49)34-10-9-27(38(45-34)42(50)51-3)29-23-35-31(39-25(14-18-53-35)15-19-54-39)22-30(29)40(48)46-33-12-11-32-28(13-17-43-32)37(33)26-8-6-7-24(20-26)21-36(47)52-5-2/h6-13,15,17,19-20,22-23,43H,4-5,14,16,18,21H2,1-3H3,(H,44,49)(H,46,48). The predicted molar refractivity (Wildman–Crippen MR) is 208 cm³/mol. The molecule has 3 aromatic heterocycles. The van der Waals surface area contributed by atoms with Crippen molar-refractivity contribution in [2.75, 3.05) is 32.2 Å². The molecule has 1 aliphatic heterocycles. The Bertz CT molecular complexity index is 2410. The Balaban J connectivity index is 1.37. The van der Waals surface area contributed by atoms with E-state index >= 15 is 0 Å². The third-order valence-electron chi connectivity index (χ3n) is 9.17. The summed E-state index contributed by atoms with van der Waals surface area (Å²) in [5.74, 6) is -1.42.